The average Bonchev–Trinajstić information content (AvgIpc) is 2.10. The van der Waals surface area contributed by atoms with Crippen LogP contribution >= 0.6 is 23.2 Å². The number of nitrogens with two attached hydrogens (primary N) is 1. The van der Waals surface area contributed by atoms with Gasteiger partial charge in [0, 0.05) is 16.5 Å². The summed E-state index contributed by atoms with van der Waals surface area (Å²) in [6.07, 6.45) is 0.0211. The first-order valence-electron chi connectivity index (χ1n) is 4.07. The lowest BCUT2D eigenvalue weighted by Gasteiger charge is -2.10. The number of benzene rings is 1. The van der Waals surface area contributed by atoms with Crippen LogP contribution in [0.3, 0.4) is 0 Å². The van der Waals surface area contributed by atoms with Crippen molar-refractivity contribution in [1.82, 2.24) is 0 Å². The van der Waals surface area contributed by atoms with Gasteiger partial charge in [-0.05, 0) is 17.7 Å². The van der Waals surface area contributed by atoms with E-state index in [0.29, 0.717) is 5.56 Å². The normalized spacial score (nSPS) is 12.5. The van der Waals surface area contributed by atoms with Crippen LogP contribution in [0.1, 0.15) is 5.56 Å². The van der Waals surface area contributed by atoms with Crippen LogP contribution in [0.25, 0.3) is 0 Å². The van der Waals surface area contributed by atoms with Crippen molar-refractivity contribution >= 4 is 29.2 Å². The largest absolute Gasteiger partial charge is 0.508 e. The minimum atomic E-state index is -1.13. The Labute approximate surface area is 96.2 Å². The van der Waals surface area contributed by atoms with E-state index in [2.05, 4.69) is 0 Å². The van der Waals surface area contributed by atoms with Crippen molar-refractivity contribution in [1.29, 1.82) is 0 Å². The highest BCUT2D eigenvalue weighted by Crippen LogP contribution is 2.30. The van der Waals surface area contributed by atoms with Crippen LogP contribution in [-0.2, 0) is 11.2 Å². The van der Waals surface area contributed by atoms with Crippen molar-refractivity contribution in [3.05, 3.63) is 27.7 Å². The Morgan fingerprint density at radius 1 is 1.40 bits per heavy atom. The Balaban J connectivity index is 3.00. The number of phenols is 1. The maximum absolute atomic E-state index is 10.5. The first kappa shape index (κ1) is 12.1. The third kappa shape index (κ3) is 2.99. The van der Waals surface area contributed by atoms with Gasteiger partial charge in [0.15, 0.2) is 0 Å². The van der Waals surface area contributed by atoms with Crippen molar-refractivity contribution in [3.8, 4) is 5.75 Å². The van der Waals surface area contributed by atoms with Crippen molar-refractivity contribution in [2.45, 2.75) is 12.5 Å². The zero-order valence-electron chi connectivity index (χ0n) is 7.58. The fraction of sp³-hybridized carbons (Fsp3) is 0.222. The summed E-state index contributed by atoms with van der Waals surface area (Å²) in [6, 6.07) is 1.51. The lowest BCUT2D eigenvalue weighted by atomic mass is 10.1. The van der Waals surface area contributed by atoms with E-state index in [-0.39, 0.29) is 22.2 Å². The van der Waals surface area contributed by atoms with E-state index in [1.165, 1.54) is 12.1 Å². The fourth-order valence-corrected chi connectivity index (χ4v) is 1.72. The number of hydrogen-bond donors (Lipinski definition) is 3. The Kier molecular flexibility index (Phi) is 3.79. The van der Waals surface area contributed by atoms with Crippen LogP contribution in [0, 0.1) is 0 Å². The van der Waals surface area contributed by atoms with Crippen LogP contribution in [0.5, 0.6) is 5.75 Å². The maximum atomic E-state index is 10.5. The van der Waals surface area contributed by atoms with E-state index in [1.54, 1.807) is 0 Å². The Morgan fingerprint density at radius 2 is 1.87 bits per heavy atom. The van der Waals surface area contributed by atoms with E-state index < -0.39 is 12.0 Å². The summed E-state index contributed by atoms with van der Waals surface area (Å²) < 4.78 is 0. The highest BCUT2D eigenvalue weighted by Gasteiger charge is 2.17. The molecule has 0 aromatic heterocycles. The smallest absolute Gasteiger partial charge is 0.320 e. The number of aromatic hydroxyl groups is 1. The van der Waals surface area contributed by atoms with Crippen molar-refractivity contribution in [2.24, 2.45) is 5.73 Å². The summed E-state index contributed by atoms with van der Waals surface area (Å²) >= 11 is 11.6. The number of hydrogen-bond acceptors (Lipinski definition) is 3. The molecule has 15 heavy (non-hydrogen) atoms. The second-order valence-electron chi connectivity index (χ2n) is 3.04. The Morgan fingerprint density at radius 3 is 2.27 bits per heavy atom. The van der Waals surface area contributed by atoms with Gasteiger partial charge >= 0.3 is 5.97 Å². The minimum absolute atomic E-state index is 0.0211. The molecule has 0 spiro atoms. The van der Waals surface area contributed by atoms with Gasteiger partial charge in [0.05, 0.1) is 0 Å². The zero-order chi connectivity index (χ0) is 11.6. The van der Waals surface area contributed by atoms with Crippen LogP contribution in [0.4, 0.5) is 0 Å². The van der Waals surface area contributed by atoms with Gasteiger partial charge < -0.3 is 15.9 Å². The van der Waals surface area contributed by atoms with Gasteiger partial charge in [0.25, 0.3) is 0 Å². The molecule has 0 aliphatic heterocycles. The zero-order valence-corrected chi connectivity index (χ0v) is 9.09. The molecular formula is C9H9Cl2NO3. The molecule has 0 bridgehead atoms. The van der Waals surface area contributed by atoms with E-state index in [9.17, 15) is 4.79 Å². The second-order valence-corrected chi connectivity index (χ2v) is 3.85. The molecule has 82 valence electrons. The number of rotatable bonds is 3. The summed E-state index contributed by atoms with van der Waals surface area (Å²) in [7, 11) is 0. The number of aliphatic carboxylic acids is 1. The number of phenolic OH excluding ortho intramolecular Hbond substituents is 1. The van der Waals surface area contributed by atoms with Gasteiger partial charge in [-0.1, -0.05) is 23.2 Å². The molecule has 0 radical (unpaired) electrons. The van der Waals surface area contributed by atoms with E-state index >= 15 is 0 Å². The molecule has 4 nitrogen and oxygen atoms in total. The highest BCUT2D eigenvalue weighted by molar-refractivity contribution is 6.36. The SMILES string of the molecule is N[C@@H](Cc1c(Cl)cc(O)cc1Cl)C(=O)O. The quantitative estimate of drug-likeness (QED) is 0.761. The molecule has 1 rings (SSSR count). The molecule has 1 atom stereocenters. The molecule has 0 saturated carbocycles. The molecule has 6 heteroatoms. The first-order chi connectivity index (χ1) is 6.91. The second kappa shape index (κ2) is 4.70. The predicted octanol–water partition coefficient (Wildman–Crippen LogP) is 1.65. The summed E-state index contributed by atoms with van der Waals surface area (Å²) in [5.74, 6) is -1.20. The molecule has 0 fully saturated rings. The molecule has 1 aromatic carbocycles. The Hall–Kier alpha value is -0.970. The van der Waals surface area contributed by atoms with Crippen LogP contribution in [0.2, 0.25) is 10.0 Å². The van der Waals surface area contributed by atoms with Gasteiger partial charge in [-0.15, -0.1) is 0 Å². The molecule has 0 aliphatic carbocycles. The van der Waals surface area contributed by atoms with Crippen molar-refractivity contribution < 1.29 is 15.0 Å². The first-order valence-corrected chi connectivity index (χ1v) is 4.82. The lowest BCUT2D eigenvalue weighted by molar-refractivity contribution is -0.138. The molecular weight excluding hydrogens is 241 g/mol. The number of carboxylic acid groups (broad SMARTS) is 1. The maximum Gasteiger partial charge on any atom is 0.320 e. The monoisotopic (exact) mass is 249 g/mol. The molecule has 0 aliphatic rings. The molecule has 0 amide bonds. The van der Waals surface area contributed by atoms with E-state index in [1.807, 2.05) is 0 Å². The average molecular weight is 250 g/mol. The van der Waals surface area contributed by atoms with Crippen molar-refractivity contribution in [3.63, 3.8) is 0 Å². The molecule has 0 saturated heterocycles. The predicted molar refractivity (Wildman–Crippen MR) is 57.4 cm³/mol. The van der Waals surface area contributed by atoms with Gasteiger partial charge in [-0.25, -0.2) is 0 Å². The molecule has 1 aromatic rings. The Bertz CT molecular complexity index is 372. The molecule has 0 heterocycles. The van der Waals surface area contributed by atoms with Crippen LogP contribution < -0.4 is 5.73 Å². The minimum Gasteiger partial charge on any atom is -0.508 e. The topological polar surface area (TPSA) is 83.5 Å². The number of carboxylic acids is 1. The number of halogens is 2. The summed E-state index contributed by atoms with van der Waals surface area (Å²) in [5, 5.41) is 18.2. The van der Waals surface area contributed by atoms with Gasteiger partial charge in [-0.2, -0.15) is 0 Å². The van der Waals surface area contributed by atoms with Gasteiger partial charge in [0.1, 0.15) is 11.8 Å². The molecule has 4 N–H and O–H groups in total. The van der Waals surface area contributed by atoms with E-state index in [4.69, 9.17) is 39.1 Å². The van der Waals surface area contributed by atoms with Gasteiger partial charge in [0.2, 0.25) is 0 Å². The fourth-order valence-electron chi connectivity index (χ4n) is 1.09. The standard InChI is InChI=1S/C9H9Cl2NO3/c10-6-1-4(13)2-7(11)5(6)3-8(12)9(14)15/h1-2,8,13H,3,12H2,(H,14,15)/t8-/m0/s1. The highest BCUT2D eigenvalue weighted by atomic mass is 35.5. The molecule has 0 unspecified atom stereocenters. The third-order valence-electron chi connectivity index (χ3n) is 1.87. The summed E-state index contributed by atoms with van der Waals surface area (Å²) in [4.78, 5) is 10.5. The van der Waals surface area contributed by atoms with Crippen molar-refractivity contribution in [2.75, 3.05) is 0 Å². The lowest BCUT2D eigenvalue weighted by Crippen LogP contribution is -2.32. The summed E-state index contributed by atoms with van der Waals surface area (Å²) in [6.45, 7) is 0. The van der Waals surface area contributed by atoms with Crippen LogP contribution in [-0.4, -0.2) is 22.2 Å². The van der Waals surface area contributed by atoms with Gasteiger partial charge in [-0.3, -0.25) is 4.79 Å². The van der Waals surface area contributed by atoms with Crippen LogP contribution in [0.15, 0.2) is 12.1 Å². The number of carbonyl (C=O) groups is 1. The van der Waals surface area contributed by atoms with E-state index in [0.717, 1.165) is 0 Å². The summed E-state index contributed by atoms with van der Waals surface area (Å²) in [5.41, 5.74) is 5.77. The third-order valence-corrected chi connectivity index (χ3v) is 2.54.